The number of para-hydroxylation sites is 1. The average molecular weight is 281 g/mol. The summed E-state index contributed by atoms with van der Waals surface area (Å²) in [5.41, 5.74) is 1.03. The van der Waals surface area contributed by atoms with E-state index in [1.165, 1.54) is 4.90 Å². The molecule has 1 N–H and O–H groups in total. The lowest BCUT2D eigenvalue weighted by atomic mass is 10.2. The van der Waals surface area contributed by atoms with E-state index in [0.29, 0.717) is 13.2 Å². The topological polar surface area (TPSA) is 76.1 Å². The monoisotopic (exact) mass is 281 g/mol. The molecule has 0 aromatic heterocycles. The van der Waals surface area contributed by atoms with Crippen LogP contribution < -0.4 is 4.74 Å². The SMILES string of the molecule is Cc1ccccc1OCCN(C)C(=O)COCC(=O)O. The Morgan fingerprint density at radius 2 is 1.95 bits per heavy atom. The van der Waals surface area contributed by atoms with E-state index in [0.717, 1.165) is 11.3 Å². The highest BCUT2D eigenvalue weighted by atomic mass is 16.5. The molecular weight excluding hydrogens is 262 g/mol. The molecule has 6 nitrogen and oxygen atoms in total. The fraction of sp³-hybridized carbons (Fsp3) is 0.429. The second-order valence-electron chi connectivity index (χ2n) is 4.32. The van der Waals surface area contributed by atoms with Crippen LogP contribution in [0.15, 0.2) is 24.3 Å². The Balaban J connectivity index is 2.25. The van der Waals surface area contributed by atoms with Crippen molar-refractivity contribution >= 4 is 11.9 Å². The van der Waals surface area contributed by atoms with Crippen LogP contribution >= 0.6 is 0 Å². The average Bonchev–Trinajstić information content (AvgIpc) is 2.40. The number of amides is 1. The van der Waals surface area contributed by atoms with Crippen LogP contribution in [-0.2, 0) is 14.3 Å². The zero-order chi connectivity index (χ0) is 15.0. The Hall–Kier alpha value is -2.08. The molecule has 0 saturated heterocycles. The third kappa shape index (κ3) is 5.71. The number of carboxylic acid groups (broad SMARTS) is 1. The van der Waals surface area contributed by atoms with Crippen LogP contribution in [0.2, 0.25) is 0 Å². The molecule has 0 saturated carbocycles. The highest BCUT2D eigenvalue weighted by molar-refractivity contribution is 5.77. The molecule has 0 aliphatic carbocycles. The highest BCUT2D eigenvalue weighted by Crippen LogP contribution is 2.15. The Labute approximate surface area is 117 Å². The van der Waals surface area contributed by atoms with Crippen molar-refractivity contribution in [2.24, 2.45) is 0 Å². The van der Waals surface area contributed by atoms with E-state index in [4.69, 9.17) is 14.6 Å². The molecule has 20 heavy (non-hydrogen) atoms. The van der Waals surface area contributed by atoms with Crippen LogP contribution in [0, 0.1) is 6.92 Å². The number of hydrogen-bond donors (Lipinski definition) is 1. The molecular formula is C14H19NO5. The van der Waals surface area contributed by atoms with Gasteiger partial charge in [-0.05, 0) is 18.6 Å². The van der Waals surface area contributed by atoms with Crippen molar-refractivity contribution in [3.63, 3.8) is 0 Å². The minimum absolute atomic E-state index is 0.243. The lowest BCUT2D eigenvalue weighted by Gasteiger charge is -2.17. The third-order valence-electron chi connectivity index (χ3n) is 2.65. The quantitative estimate of drug-likeness (QED) is 0.767. The molecule has 0 unspecified atom stereocenters. The molecule has 0 heterocycles. The summed E-state index contributed by atoms with van der Waals surface area (Å²) in [7, 11) is 1.62. The van der Waals surface area contributed by atoms with Crippen molar-refractivity contribution in [1.29, 1.82) is 0 Å². The molecule has 1 aromatic rings. The number of benzene rings is 1. The maximum absolute atomic E-state index is 11.6. The van der Waals surface area contributed by atoms with Crippen molar-refractivity contribution < 1.29 is 24.2 Å². The van der Waals surface area contributed by atoms with Crippen LogP contribution in [0.1, 0.15) is 5.56 Å². The fourth-order valence-corrected chi connectivity index (χ4v) is 1.47. The first kappa shape index (κ1) is 16.0. The lowest BCUT2D eigenvalue weighted by Crippen LogP contribution is -2.34. The van der Waals surface area contributed by atoms with Crippen molar-refractivity contribution in [3.8, 4) is 5.75 Å². The third-order valence-corrected chi connectivity index (χ3v) is 2.65. The number of carbonyl (C=O) groups excluding carboxylic acids is 1. The largest absolute Gasteiger partial charge is 0.491 e. The number of nitrogens with zero attached hydrogens (tertiary/aromatic N) is 1. The molecule has 6 heteroatoms. The molecule has 1 rings (SSSR count). The van der Waals surface area contributed by atoms with E-state index >= 15 is 0 Å². The van der Waals surface area contributed by atoms with Gasteiger partial charge >= 0.3 is 5.97 Å². The summed E-state index contributed by atoms with van der Waals surface area (Å²) in [6.07, 6.45) is 0. The van der Waals surface area contributed by atoms with Crippen molar-refractivity contribution in [3.05, 3.63) is 29.8 Å². The van der Waals surface area contributed by atoms with Crippen LogP contribution in [0.3, 0.4) is 0 Å². The Kier molecular flexibility index (Phi) is 6.52. The van der Waals surface area contributed by atoms with Crippen molar-refractivity contribution in [2.45, 2.75) is 6.92 Å². The zero-order valence-electron chi connectivity index (χ0n) is 11.7. The Morgan fingerprint density at radius 3 is 2.60 bits per heavy atom. The molecule has 1 amide bonds. The molecule has 0 fully saturated rings. The fourth-order valence-electron chi connectivity index (χ4n) is 1.47. The van der Waals surface area contributed by atoms with E-state index in [-0.39, 0.29) is 12.5 Å². The highest BCUT2D eigenvalue weighted by Gasteiger charge is 2.10. The van der Waals surface area contributed by atoms with Gasteiger partial charge in [-0.1, -0.05) is 18.2 Å². The summed E-state index contributed by atoms with van der Waals surface area (Å²) in [5.74, 6) is -0.585. The Bertz CT molecular complexity index is 461. The molecule has 110 valence electrons. The first-order chi connectivity index (χ1) is 9.50. The molecule has 0 aliphatic heterocycles. The van der Waals surface area contributed by atoms with E-state index in [9.17, 15) is 9.59 Å². The van der Waals surface area contributed by atoms with Gasteiger partial charge in [0.25, 0.3) is 0 Å². The van der Waals surface area contributed by atoms with Gasteiger partial charge in [0, 0.05) is 7.05 Å². The van der Waals surface area contributed by atoms with Gasteiger partial charge in [-0.15, -0.1) is 0 Å². The number of carboxylic acids is 1. The minimum Gasteiger partial charge on any atom is -0.491 e. The van der Waals surface area contributed by atoms with Gasteiger partial charge in [0.1, 0.15) is 25.6 Å². The van der Waals surface area contributed by atoms with Gasteiger partial charge in [-0.2, -0.15) is 0 Å². The summed E-state index contributed by atoms with van der Waals surface area (Å²) in [6.45, 7) is 2.01. The number of rotatable bonds is 8. The first-order valence-corrected chi connectivity index (χ1v) is 6.22. The van der Waals surface area contributed by atoms with Gasteiger partial charge in [-0.25, -0.2) is 4.79 Å². The van der Waals surface area contributed by atoms with E-state index < -0.39 is 12.6 Å². The van der Waals surface area contributed by atoms with E-state index in [1.807, 2.05) is 31.2 Å². The smallest absolute Gasteiger partial charge is 0.329 e. The summed E-state index contributed by atoms with van der Waals surface area (Å²) >= 11 is 0. The maximum Gasteiger partial charge on any atom is 0.329 e. The molecule has 1 aromatic carbocycles. The van der Waals surface area contributed by atoms with Gasteiger partial charge in [0.05, 0.1) is 6.54 Å². The standard InChI is InChI=1S/C14H19NO5/c1-11-5-3-4-6-12(11)20-8-7-15(2)13(16)9-19-10-14(17)18/h3-6H,7-10H2,1-2H3,(H,17,18). The van der Waals surface area contributed by atoms with Gasteiger partial charge in [0.2, 0.25) is 5.91 Å². The van der Waals surface area contributed by atoms with Crippen LogP contribution in [0.5, 0.6) is 5.75 Å². The normalized spacial score (nSPS) is 10.1. The van der Waals surface area contributed by atoms with Gasteiger partial charge in [-0.3, -0.25) is 4.79 Å². The molecule has 0 atom stereocenters. The number of aliphatic carboxylic acids is 1. The summed E-state index contributed by atoms with van der Waals surface area (Å²) in [4.78, 5) is 23.3. The molecule has 0 aliphatic rings. The summed E-state index contributed by atoms with van der Waals surface area (Å²) in [5, 5.41) is 8.39. The second-order valence-corrected chi connectivity index (χ2v) is 4.32. The number of likely N-dealkylation sites (N-methyl/N-ethyl adjacent to an activating group) is 1. The molecule has 0 radical (unpaired) electrons. The number of aryl methyl sites for hydroxylation is 1. The summed E-state index contributed by atoms with van der Waals surface area (Å²) in [6, 6.07) is 7.63. The van der Waals surface area contributed by atoms with Crippen LogP contribution in [-0.4, -0.2) is 55.3 Å². The first-order valence-electron chi connectivity index (χ1n) is 6.22. The number of carbonyl (C=O) groups is 2. The summed E-state index contributed by atoms with van der Waals surface area (Å²) < 4.78 is 10.3. The Morgan fingerprint density at radius 1 is 1.25 bits per heavy atom. The van der Waals surface area contributed by atoms with Crippen molar-refractivity contribution in [1.82, 2.24) is 4.90 Å². The van der Waals surface area contributed by atoms with Crippen LogP contribution in [0.4, 0.5) is 0 Å². The van der Waals surface area contributed by atoms with E-state index in [2.05, 4.69) is 0 Å². The van der Waals surface area contributed by atoms with E-state index in [1.54, 1.807) is 7.05 Å². The van der Waals surface area contributed by atoms with Gasteiger partial charge < -0.3 is 19.5 Å². The number of ether oxygens (including phenoxy) is 2. The predicted octanol–water partition coefficient (Wildman–Crippen LogP) is 0.933. The van der Waals surface area contributed by atoms with Gasteiger partial charge in [0.15, 0.2) is 0 Å². The maximum atomic E-state index is 11.6. The second kappa shape index (κ2) is 8.16. The lowest BCUT2D eigenvalue weighted by molar-refractivity contribution is -0.145. The zero-order valence-corrected chi connectivity index (χ0v) is 11.7. The van der Waals surface area contributed by atoms with Crippen LogP contribution in [0.25, 0.3) is 0 Å². The molecule has 0 bridgehead atoms. The predicted molar refractivity (Wildman–Crippen MR) is 72.8 cm³/mol. The number of hydrogen-bond acceptors (Lipinski definition) is 4. The minimum atomic E-state index is -1.09. The van der Waals surface area contributed by atoms with Crippen molar-refractivity contribution in [2.75, 3.05) is 33.4 Å². The molecule has 0 spiro atoms.